The number of carbonyl (C=O) groups is 1. The van der Waals surface area contributed by atoms with Crippen LogP contribution in [0.2, 0.25) is 10.0 Å². The average molecular weight is 435 g/mol. The SMILES string of the molecule is Cc1c(Cl)cccc1NS(=O)(=O)c1ccc(NC(=O)c2ccccc2Cl)cc1. The number of sulfonamides is 1. The van der Waals surface area contributed by atoms with E-state index in [0.717, 1.165) is 0 Å². The molecule has 144 valence electrons. The van der Waals surface area contributed by atoms with E-state index < -0.39 is 10.0 Å². The summed E-state index contributed by atoms with van der Waals surface area (Å²) in [4.78, 5) is 12.3. The highest BCUT2D eigenvalue weighted by Gasteiger charge is 2.16. The normalized spacial score (nSPS) is 11.1. The largest absolute Gasteiger partial charge is 0.322 e. The fraction of sp³-hybridized carbons (Fsp3) is 0.0500. The van der Waals surface area contributed by atoms with E-state index in [9.17, 15) is 13.2 Å². The Morgan fingerprint density at radius 2 is 1.50 bits per heavy atom. The molecule has 0 bridgehead atoms. The van der Waals surface area contributed by atoms with Crippen LogP contribution in [0.1, 0.15) is 15.9 Å². The predicted octanol–water partition coefficient (Wildman–Crippen LogP) is 5.35. The molecule has 3 aromatic rings. The van der Waals surface area contributed by atoms with E-state index in [4.69, 9.17) is 23.2 Å². The van der Waals surface area contributed by atoms with Gasteiger partial charge in [0.2, 0.25) is 0 Å². The highest BCUT2D eigenvalue weighted by atomic mass is 35.5. The van der Waals surface area contributed by atoms with Crippen LogP contribution in [0, 0.1) is 6.92 Å². The summed E-state index contributed by atoms with van der Waals surface area (Å²) in [7, 11) is -3.80. The first kappa shape index (κ1) is 20.2. The van der Waals surface area contributed by atoms with Crippen LogP contribution in [0.3, 0.4) is 0 Å². The molecule has 3 rings (SSSR count). The van der Waals surface area contributed by atoms with Gasteiger partial charge in [0, 0.05) is 10.7 Å². The number of halogens is 2. The lowest BCUT2D eigenvalue weighted by atomic mass is 10.2. The molecule has 0 atom stereocenters. The van der Waals surface area contributed by atoms with E-state index in [0.29, 0.717) is 32.5 Å². The van der Waals surface area contributed by atoms with E-state index in [1.54, 1.807) is 49.4 Å². The van der Waals surface area contributed by atoms with Gasteiger partial charge in [0.1, 0.15) is 0 Å². The van der Waals surface area contributed by atoms with Gasteiger partial charge in [-0.05, 0) is 61.0 Å². The Morgan fingerprint density at radius 3 is 2.18 bits per heavy atom. The third-order valence-corrected chi connectivity index (χ3v) is 6.17. The summed E-state index contributed by atoms with van der Waals surface area (Å²) >= 11 is 12.0. The minimum absolute atomic E-state index is 0.0580. The van der Waals surface area contributed by atoms with Crippen molar-refractivity contribution < 1.29 is 13.2 Å². The zero-order chi connectivity index (χ0) is 20.3. The van der Waals surface area contributed by atoms with Crippen LogP contribution in [0.5, 0.6) is 0 Å². The molecule has 0 saturated heterocycles. The summed E-state index contributed by atoms with van der Waals surface area (Å²) in [5.74, 6) is -0.381. The molecule has 0 aliphatic rings. The molecule has 0 aliphatic carbocycles. The maximum Gasteiger partial charge on any atom is 0.261 e. The van der Waals surface area contributed by atoms with Crippen molar-refractivity contribution in [2.24, 2.45) is 0 Å². The first-order chi connectivity index (χ1) is 13.3. The van der Waals surface area contributed by atoms with Crippen LogP contribution < -0.4 is 10.0 Å². The lowest BCUT2D eigenvalue weighted by Crippen LogP contribution is -2.15. The fourth-order valence-corrected chi connectivity index (χ4v) is 4.00. The Labute approximate surface area is 173 Å². The molecule has 0 radical (unpaired) electrons. The van der Waals surface area contributed by atoms with Crippen LogP contribution in [0.15, 0.2) is 71.6 Å². The number of rotatable bonds is 5. The predicted molar refractivity (Wildman–Crippen MR) is 113 cm³/mol. The molecule has 0 unspecified atom stereocenters. The Balaban J connectivity index is 1.77. The zero-order valence-corrected chi connectivity index (χ0v) is 17.1. The number of benzene rings is 3. The molecular weight excluding hydrogens is 419 g/mol. The van der Waals surface area contributed by atoms with Crippen molar-refractivity contribution in [3.8, 4) is 0 Å². The summed E-state index contributed by atoms with van der Waals surface area (Å²) in [6.45, 7) is 1.73. The van der Waals surface area contributed by atoms with Gasteiger partial charge >= 0.3 is 0 Å². The number of nitrogens with one attached hydrogen (secondary N) is 2. The molecule has 2 N–H and O–H groups in total. The number of anilines is 2. The maximum atomic E-state index is 12.6. The second-order valence-corrected chi connectivity index (χ2v) is 8.47. The monoisotopic (exact) mass is 434 g/mol. The third kappa shape index (κ3) is 4.47. The summed E-state index contributed by atoms with van der Waals surface area (Å²) in [6, 6.07) is 17.5. The van der Waals surface area contributed by atoms with Crippen molar-refractivity contribution in [2.45, 2.75) is 11.8 Å². The Kier molecular flexibility index (Phi) is 5.93. The number of hydrogen-bond donors (Lipinski definition) is 2. The summed E-state index contributed by atoms with van der Waals surface area (Å²) in [5, 5.41) is 3.49. The van der Waals surface area contributed by atoms with Gasteiger partial charge in [-0.25, -0.2) is 8.42 Å². The smallest absolute Gasteiger partial charge is 0.261 e. The number of carbonyl (C=O) groups excluding carboxylic acids is 1. The number of hydrogen-bond acceptors (Lipinski definition) is 3. The molecule has 0 heterocycles. The van der Waals surface area contributed by atoms with Gasteiger partial charge in [0.25, 0.3) is 15.9 Å². The molecule has 5 nitrogen and oxygen atoms in total. The second kappa shape index (κ2) is 8.22. The lowest BCUT2D eigenvalue weighted by molar-refractivity contribution is 0.102. The lowest BCUT2D eigenvalue weighted by Gasteiger charge is -2.12. The van der Waals surface area contributed by atoms with Gasteiger partial charge in [-0.1, -0.05) is 41.4 Å². The van der Waals surface area contributed by atoms with Gasteiger partial charge in [-0.2, -0.15) is 0 Å². The van der Waals surface area contributed by atoms with Crippen LogP contribution in [0.4, 0.5) is 11.4 Å². The van der Waals surface area contributed by atoms with Crippen LogP contribution in [0.25, 0.3) is 0 Å². The van der Waals surface area contributed by atoms with Crippen molar-refractivity contribution >= 4 is 50.5 Å². The third-order valence-electron chi connectivity index (χ3n) is 4.05. The van der Waals surface area contributed by atoms with Crippen molar-refractivity contribution in [3.63, 3.8) is 0 Å². The first-order valence-electron chi connectivity index (χ1n) is 8.22. The molecule has 0 fully saturated rings. The van der Waals surface area contributed by atoms with Crippen molar-refractivity contribution in [1.82, 2.24) is 0 Å². The minimum atomic E-state index is -3.80. The molecule has 0 spiro atoms. The highest BCUT2D eigenvalue weighted by Crippen LogP contribution is 2.26. The van der Waals surface area contributed by atoms with E-state index in [-0.39, 0.29) is 10.8 Å². The van der Waals surface area contributed by atoms with Gasteiger partial charge in [-0.15, -0.1) is 0 Å². The molecule has 0 aromatic heterocycles. The van der Waals surface area contributed by atoms with E-state index in [1.165, 1.54) is 24.3 Å². The molecular formula is C20H16Cl2N2O3S. The quantitative estimate of drug-likeness (QED) is 0.567. The molecule has 1 amide bonds. The topological polar surface area (TPSA) is 75.3 Å². The fourth-order valence-electron chi connectivity index (χ4n) is 2.48. The van der Waals surface area contributed by atoms with Gasteiger partial charge < -0.3 is 5.32 Å². The first-order valence-corrected chi connectivity index (χ1v) is 10.5. The van der Waals surface area contributed by atoms with E-state index in [1.807, 2.05) is 0 Å². The Bertz CT molecular complexity index is 1130. The second-order valence-electron chi connectivity index (χ2n) is 5.98. The van der Waals surface area contributed by atoms with Crippen molar-refractivity contribution in [2.75, 3.05) is 10.0 Å². The molecule has 8 heteroatoms. The highest BCUT2D eigenvalue weighted by molar-refractivity contribution is 7.92. The number of amides is 1. The van der Waals surface area contributed by atoms with Crippen LogP contribution >= 0.6 is 23.2 Å². The molecule has 3 aromatic carbocycles. The maximum absolute atomic E-state index is 12.6. The van der Waals surface area contributed by atoms with Crippen LogP contribution in [-0.2, 0) is 10.0 Å². The summed E-state index contributed by atoms with van der Waals surface area (Å²) < 4.78 is 27.7. The van der Waals surface area contributed by atoms with E-state index in [2.05, 4.69) is 10.0 Å². The van der Waals surface area contributed by atoms with E-state index >= 15 is 0 Å². The summed E-state index contributed by atoms with van der Waals surface area (Å²) in [6.07, 6.45) is 0. The van der Waals surface area contributed by atoms with Gasteiger partial charge in [-0.3, -0.25) is 9.52 Å². The standard InChI is InChI=1S/C20H16Cl2N2O3S/c1-13-17(21)7-4-8-19(13)24-28(26,27)15-11-9-14(10-12-15)23-20(25)16-5-2-3-6-18(16)22/h2-12,24H,1H3,(H,23,25). The minimum Gasteiger partial charge on any atom is -0.322 e. The van der Waals surface area contributed by atoms with Gasteiger partial charge in [0.15, 0.2) is 0 Å². The molecule has 0 saturated carbocycles. The summed E-state index contributed by atoms with van der Waals surface area (Å²) in [5.41, 5.74) is 1.82. The molecule has 0 aliphatic heterocycles. The molecule has 28 heavy (non-hydrogen) atoms. The van der Waals surface area contributed by atoms with Gasteiger partial charge in [0.05, 0.1) is 21.2 Å². The zero-order valence-electron chi connectivity index (χ0n) is 14.7. The van der Waals surface area contributed by atoms with Crippen molar-refractivity contribution in [1.29, 1.82) is 0 Å². The van der Waals surface area contributed by atoms with Crippen molar-refractivity contribution in [3.05, 3.63) is 87.9 Å². The Hall–Kier alpha value is -2.54. The average Bonchev–Trinajstić information content (AvgIpc) is 2.66. The van der Waals surface area contributed by atoms with Crippen LogP contribution in [-0.4, -0.2) is 14.3 Å². The Morgan fingerprint density at radius 1 is 0.857 bits per heavy atom.